The van der Waals surface area contributed by atoms with Crippen LogP contribution in [0.1, 0.15) is 44.1 Å². The second kappa shape index (κ2) is 8.04. The molecule has 2 N–H and O–H groups in total. The van der Waals surface area contributed by atoms with Gasteiger partial charge in [0.25, 0.3) is 0 Å². The number of nitrogens with one attached hydrogen (secondary N) is 2. The van der Waals surface area contributed by atoms with E-state index >= 15 is 0 Å². The summed E-state index contributed by atoms with van der Waals surface area (Å²) in [7, 11) is 3.85. The normalized spacial score (nSPS) is 28.0. The van der Waals surface area contributed by atoms with Crippen LogP contribution < -0.4 is 10.6 Å². The molecule has 148 valence electrons. The third kappa shape index (κ3) is 3.74. The van der Waals surface area contributed by atoms with Gasteiger partial charge >= 0.3 is 0 Å². The van der Waals surface area contributed by atoms with Crippen molar-refractivity contribution in [2.24, 2.45) is 23.4 Å². The Labute approximate surface area is 174 Å². The van der Waals surface area contributed by atoms with E-state index in [2.05, 4.69) is 55.3 Å². The van der Waals surface area contributed by atoms with E-state index in [0.29, 0.717) is 18.1 Å². The molecular formula is C19H34IN5O. The minimum Gasteiger partial charge on any atom is -0.377 e. The van der Waals surface area contributed by atoms with Crippen LogP contribution in [0.2, 0.25) is 0 Å². The predicted octanol–water partition coefficient (Wildman–Crippen LogP) is 2.56. The predicted molar refractivity (Wildman–Crippen MR) is 116 cm³/mol. The minimum absolute atomic E-state index is 0. The van der Waals surface area contributed by atoms with Crippen molar-refractivity contribution in [3.63, 3.8) is 0 Å². The second-order valence-corrected chi connectivity index (χ2v) is 8.28. The van der Waals surface area contributed by atoms with Gasteiger partial charge in [0.2, 0.25) is 0 Å². The Hall–Kier alpha value is -0.830. The van der Waals surface area contributed by atoms with Crippen molar-refractivity contribution in [2.45, 2.75) is 65.6 Å². The van der Waals surface area contributed by atoms with E-state index < -0.39 is 0 Å². The molecule has 0 spiro atoms. The Balaban J connectivity index is 0.00000243. The summed E-state index contributed by atoms with van der Waals surface area (Å²) in [6, 6.07) is 0.701. The van der Waals surface area contributed by atoms with E-state index in [-0.39, 0.29) is 35.4 Å². The first kappa shape index (κ1) is 21.5. The largest absolute Gasteiger partial charge is 0.377 e. The molecule has 1 aromatic heterocycles. The fourth-order valence-electron chi connectivity index (χ4n) is 4.64. The number of aromatic nitrogens is 2. The number of aryl methyl sites for hydroxylation is 2. The van der Waals surface area contributed by atoms with Crippen LogP contribution in [0.5, 0.6) is 0 Å². The highest BCUT2D eigenvalue weighted by molar-refractivity contribution is 14.0. The lowest BCUT2D eigenvalue weighted by atomic mass is 9.57. The van der Waals surface area contributed by atoms with Crippen LogP contribution in [0.4, 0.5) is 0 Å². The molecule has 3 rings (SSSR count). The molecule has 0 radical (unpaired) electrons. The number of halogens is 1. The van der Waals surface area contributed by atoms with Crippen LogP contribution >= 0.6 is 24.0 Å². The molecule has 1 aliphatic heterocycles. The number of hydrogen-bond donors (Lipinski definition) is 2. The molecule has 4 atom stereocenters. The Morgan fingerprint density at radius 2 is 2.12 bits per heavy atom. The summed E-state index contributed by atoms with van der Waals surface area (Å²) in [4.78, 5) is 4.45. The molecule has 26 heavy (non-hydrogen) atoms. The van der Waals surface area contributed by atoms with Gasteiger partial charge in [-0.3, -0.25) is 9.67 Å². The highest BCUT2D eigenvalue weighted by Crippen LogP contribution is 2.52. The Morgan fingerprint density at radius 3 is 2.69 bits per heavy atom. The second-order valence-electron chi connectivity index (χ2n) is 8.28. The summed E-state index contributed by atoms with van der Waals surface area (Å²) >= 11 is 0. The summed E-state index contributed by atoms with van der Waals surface area (Å²) < 4.78 is 7.85. The van der Waals surface area contributed by atoms with Gasteiger partial charge in [-0.25, -0.2) is 0 Å². The van der Waals surface area contributed by atoms with E-state index in [0.717, 1.165) is 31.1 Å². The van der Waals surface area contributed by atoms with Crippen molar-refractivity contribution in [1.82, 2.24) is 20.4 Å². The summed E-state index contributed by atoms with van der Waals surface area (Å²) in [5.41, 5.74) is 3.83. The smallest absolute Gasteiger partial charge is 0.191 e. The molecule has 7 heteroatoms. The third-order valence-corrected chi connectivity index (χ3v) is 6.17. The highest BCUT2D eigenvalue weighted by atomic mass is 127. The van der Waals surface area contributed by atoms with Crippen molar-refractivity contribution in [2.75, 3.05) is 13.7 Å². The van der Waals surface area contributed by atoms with Crippen LogP contribution in [0.15, 0.2) is 4.99 Å². The molecule has 0 bridgehead atoms. The molecule has 1 aliphatic carbocycles. The van der Waals surface area contributed by atoms with Crippen molar-refractivity contribution >= 4 is 29.9 Å². The van der Waals surface area contributed by atoms with E-state index in [4.69, 9.17) is 4.74 Å². The highest BCUT2D eigenvalue weighted by Gasteiger charge is 2.59. The monoisotopic (exact) mass is 475 g/mol. The van der Waals surface area contributed by atoms with Crippen LogP contribution in [-0.2, 0) is 18.2 Å². The fraction of sp³-hybridized carbons (Fsp3) is 0.789. The molecule has 2 fully saturated rings. The minimum atomic E-state index is 0. The van der Waals surface area contributed by atoms with E-state index in [9.17, 15) is 0 Å². The first-order valence-electron chi connectivity index (χ1n) is 9.36. The SMILES string of the molecule is CN=C(NC(C)Cc1c(C)nn(C)c1C)NC1C2CCOC2C1(C)C.I. The molecular weight excluding hydrogens is 441 g/mol. The molecule has 1 saturated carbocycles. The first-order chi connectivity index (χ1) is 11.8. The average Bonchev–Trinajstić information content (AvgIpc) is 3.10. The van der Waals surface area contributed by atoms with Gasteiger partial charge in [0.1, 0.15) is 0 Å². The number of hydrogen-bond acceptors (Lipinski definition) is 3. The molecule has 1 aromatic rings. The van der Waals surface area contributed by atoms with Crippen molar-refractivity contribution in [3.8, 4) is 0 Å². The van der Waals surface area contributed by atoms with Gasteiger partial charge < -0.3 is 15.4 Å². The molecule has 6 nitrogen and oxygen atoms in total. The zero-order chi connectivity index (χ0) is 18.4. The van der Waals surface area contributed by atoms with Crippen molar-refractivity contribution in [1.29, 1.82) is 0 Å². The maximum Gasteiger partial charge on any atom is 0.191 e. The molecule has 2 heterocycles. The summed E-state index contributed by atoms with van der Waals surface area (Å²) in [5.74, 6) is 1.49. The number of guanidine groups is 1. The van der Waals surface area contributed by atoms with Crippen LogP contribution in [0, 0.1) is 25.2 Å². The maximum atomic E-state index is 5.89. The van der Waals surface area contributed by atoms with Crippen LogP contribution in [-0.4, -0.2) is 47.6 Å². The van der Waals surface area contributed by atoms with Gasteiger partial charge in [-0.05, 0) is 39.2 Å². The van der Waals surface area contributed by atoms with E-state index in [1.54, 1.807) is 0 Å². The topological polar surface area (TPSA) is 63.5 Å². The fourth-order valence-corrected chi connectivity index (χ4v) is 4.64. The third-order valence-electron chi connectivity index (χ3n) is 6.17. The zero-order valence-corrected chi connectivity index (χ0v) is 19.4. The van der Waals surface area contributed by atoms with Gasteiger partial charge in [0, 0.05) is 49.8 Å². The Morgan fingerprint density at radius 1 is 1.42 bits per heavy atom. The lowest BCUT2D eigenvalue weighted by Gasteiger charge is -2.55. The van der Waals surface area contributed by atoms with Crippen molar-refractivity contribution < 1.29 is 4.74 Å². The van der Waals surface area contributed by atoms with Gasteiger partial charge in [-0.2, -0.15) is 5.10 Å². The standard InChI is InChI=1S/C19H33N5O.HI/c1-11(10-15-12(2)23-24(7)13(15)3)21-18(20-6)22-16-14-8-9-25-17(14)19(16,4)5;/h11,14,16-17H,8-10H2,1-7H3,(H2,20,21,22);1H. The molecule has 2 aliphatic rings. The Bertz CT molecular complexity index is 669. The van der Waals surface area contributed by atoms with Gasteiger partial charge in [-0.1, -0.05) is 13.8 Å². The van der Waals surface area contributed by atoms with Gasteiger partial charge in [0.15, 0.2) is 5.96 Å². The number of ether oxygens (including phenoxy) is 1. The lowest BCUT2D eigenvalue weighted by Crippen LogP contribution is -2.68. The number of nitrogens with zero attached hydrogens (tertiary/aromatic N) is 3. The van der Waals surface area contributed by atoms with Gasteiger partial charge in [0.05, 0.1) is 11.8 Å². The molecule has 4 unspecified atom stereocenters. The van der Waals surface area contributed by atoms with Crippen LogP contribution in [0.25, 0.3) is 0 Å². The van der Waals surface area contributed by atoms with E-state index in [1.807, 2.05) is 18.8 Å². The summed E-state index contributed by atoms with van der Waals surface area (Å²) in [6.07, 6.45) is 2.48. The lowest BCUT2D eigenvalue weighted by molar-refractivity contribution is -0.106. The summed E-state index contributed by atoms with van der Waals surface area (Å²) in [5, 5.41) is 11.7. The summed E-state index contributed by atoms with van der Waals surface area (Å²) in [6.45, 7) is 11.9. The number of aliphatic imine (C=N–C) groups is 1. The Kier molecular flexibility index (Phi) is 6.64. The van der Waals surface area contributed by atoms with E-state index in [1.165, 1.54) is 11.3 Å². The number of rotatable bonds is 4. The maximum absolute atomic E-state index is 5.89. The van der Waals surface area contributed by atoms with Crippen LogP contribution in [0.3, 0.4) is 0 Å². The average molecular weight is 475 g/mol. The first-order valence-corrected chi connectivity index (χ1v) is 9.36. The van der Waals surface area contributed by atoms with Gasteiger partial charge in [-0.15, -0.1) is 24.0 Å². The molecule has 0 amide bonds. The number of fused-ring (bicyclic) bond motifs is 1. The quantitative estimate of drug-likeness (QED) is 0.399. The van der Waals surface area contributed by atoms with Crippen molar-refractivity contribution in [3.05, 3.63) is 17.0 Å². The molecule has 1 saturated heterocycles. The zero-order valence-electron chi connectivity index (χ0n) is 17.1. The molecule has 0 aromatic carbocycles.